The second-order valence-electron chi connectivity index (χ2n) is 8.98. The molecule has 1 fully saturated rings. The monoisotopic (exact) mass is 536 g/mol. The fourth-order valence-electron chi connectivity index (χ4n) is 4.71. The van der Waals surface area contributed by atoms with E-state index in [1.165, 1.54) is 4.57 Å². The van der Waals surface area contributed by atoms with E-state index < -0.39 is 11.2 Å². The molecule has 0 unspecified atom stereocenters. The molecule has 4 heterocycles. The molecule has 1 aliphatic rings. The minimum atomic E-state index is -0.523. The number of halogens is 2. The van der Waals surface area contributed by atoms with Crippen LogP contribution < -0.4 is 11.2 Å². The number of hydrogen-bond donors (Lipinski definition) is 1. The zero-order valence-corrected chi connectivity index (χ0v) is 21.1. The predicted molar refractivity (Wildman–Crippen MR) is 142 cm³/mol. The lowest BCUT2D eigenvalue weighted by atomic mass is 10.2. The molecule has 1 N–H and O–H groups in total. The number of nitrogens with zero attached hydrogens (tertiary/aromatic N) is 3. The van der Waals surface area contributed by atoms with E-state index >= 15 is 0 Å². The Balaban J connectivity index is 1.52. The van der Waals surface area contributed by atoms with Crippen LogP contribution in [0.5, 0.6) is 0 Å². The Bertz CT molecular complexity index is 1710. The lowest BCUT2D eigenvalue weighted by Crippen LogP contribution is -2.32. The number of aromatic amines is 1. The van der Waals surface area contributed by atoms with Crippen molar-refractivity contribution in [1.82, 2.24) is 19.1 Å². The Morgan fingerprint density at radius 2 is 1.78 bits per heavy atom. The normalized spacial score (nSPS) is 15.6. The van der Waals surface area contributed by atoms with Crippen LogP contribution in [0, 0.1) is 0 Å². The van der Waals surface area contributed by atoms with Crippen molar-refractivity contribution in [1.29, 1.82) is 0 Å². The maximum atomic E-state index is 13.1. The third kappa shape index (κ3) is 4.52. The maximum absolute atomic E-state index is 13.1. The largest absolute Gasteiger partial charge is 0.453 e. The molecule has 37 heavy (non-hydrogen) atoms. The number of rotatable bonds is 6. The third-order valence-electron chi connectivity index (χ3n) is 6.51. The van der Waals surface area contributed by atoms with Crippen LogP contribution in [0.1, 0.15) is 18.4 Å². The Morgan fingerprint density at radius 3 is 2.54 bits per heavy atom. The van der Waals surface area contributed by atoms with Gasteiger partial charge in [-0.3, -0.25) is 14.3 Å². The van der Waals surface area contributed by atoms with Crippen LogP contribution in [-0.4, -0.2) is 31.8 Å². The van der Waals surface area contributed by atoms with Crippen LogP contribution in [0.2, 0.25) is 10.0 Å². The molecule has 0 radical (unpaired) electrons. The second-order valence-corrected chi connectivity index (χ2v) is 9.79. The number of benzene rings is 2. The van der Waals surface area contributed by atoms with Gasteiger partial charge in [-0.2, -0.15) is 0 Å². The van der Waals surface area contributed by atoms with E-state index in [2.05, 4.69) is 4.98 Å². The van der Waals surface area contributed by atoms with Crippen molar-refractivity contribution in [3.63, 3.8) is 0 Å². The highest BCUT2D eigenvalue weighted by Crippen LogP contribution is 2.33. The van der Waals surface area contributed by atoms with Crippen molar-refractivity contribution < 1.29 is 9.15 Å². The van der Waals surface area contributed by atoms with E-state index in [9.17, 15) is 9.59 Å². The summed E-state index contributed by atoms with van der Waals surface area (Å²) in [4.78, 5) is 33.3. The summed E-state index contributed by atoms with van der Waals surface area (Å²) >= 11 is 12.3. The molecule has 188 valence electrons. The number of furan rings is 1. The standard InChI is InChI=1S/C27H22Cl2N4O4/c28-19-9-8-17(13-20(19)29)21-10-11-22(37-21)24-30-25-23(32(24)15-18-7-4-12-36-18)26(34)31-27(35)33(25)14-16-5-2-1-3-6-16/h1-3,5-6,8-11,13,18H,4,7,12,14-15H2,(H,31,34,35)/t18-/m0/s1. The van der Waals surface area contributed by atoms with E-state index in [0.717, 1.165) is 24.0 Å². The van der Waals surface area contributed by atoms with E-state index in [1.807, 2.05) is 42.5 Å². The first-order chi connectivity index (χ1) is 18.0. The fraction of sp³-hybridized carbons (Fsp3) is 0.222. The van der Waals surface area contributed by atoms with Crippen LogP contribution >= 0.6 is 23.2 Å². The van der Waals surface area contributed by atoms with Gasteiger partial charge in [0, 0.05) is 12.2 Å². The molecule has 1 saturated heterocycles. The number of aromatic nitrogens is 4. The highest BCUT2D eigenvalue weighted by molar-refractivity contribution is 6.42. The van der Waals surface area contributed by atoms with Crippen LogP contribution in [-0.2, 0) is 17.8 Å². The quantitative estimate of drug-likeness (QED) is 0.315. The lowest BCUT2D eigenvalue weighted by molar-refractivity contribution is 0.0981. The molecule has 0 bridgehead atoms. The Morgan fingerprint density at radius 1 is 0.973 bits per heavy atom. The number of H-pyrrole nitrogens is 1. The Labute approximate surface area is 221 Å². The maximum Gasteiger partial charge on any atom is 0.330 e. The summed E-state index contributed by atoms with van der Waals surface area (Å²) in [6, 6.07) is 18.4. The topological polar surface area (TPSA) is 95.0 Å². The summed E-state index contributed by atoms with van der Waals surface area (Å²) in [5, 5.41) is 0.866. The van der Waals surface area contributed by atoms with Crippen LogP contribution in [0.25, 0.3) is 34.1 Å². The van der Waals surface area contributed by atoms with Crippen LogP contribution in [0.15, 0.2) is 74.7 Å². The van der Waals surface area contributed by atoms with Crippen molar-refractivity contribution in [2.24, 2.45) is 0 Å². The molecule has 1 atom stereocenters. The molecular weight excluding hydrogens is 515 g/mol. The molecule has 1 aliphatic heterocycles. The smallest absolute Gasteiger partial charge is 0.330 e. The summed E-state index contributed by atoms with van der Waals surface area (Å²) in [6.07, 6.45) is 1.74. The van der Waals surface area contributed by atoms with Gasteiger partial charge in [-0.05, 0) is 48.7 Å². The van der Waals surface area contributed by atoms with E-state index in [0.29, 0.717) is 46.1 Å². The first-order valence-electron chi connectivity index (χ1n) is 11.9. The van der Waals surface area contributed by atoms with E-state index in [-0.39, 0.29) is 18.3 Å². The summed E-state index contributed by atoms with van der Waals surface area (Å²) in [5.41, 5.74) is 1.23. The number of imidazole rings is 1. The third-order valence-corrected chi connectivity index (χ3v) is 7.25. The van der Waals surface area contributed by atoms with Gasteiger partial charge in [-0.1, -0.05) is 53.5 Å². The molecular formula is C27H22Cl2N4O4. The van der Waals surface area contributed by atoms with Gasteiger partial charge in [0.25, 0.3) is 5.56 Å². The molecule has 0 amide bonds. The van der Waals surface area contributed by atoms with Gasteiger partial charge in [0.1, 0.15) is 5.76 Å². The van der Waals surface area contributed by atoms with Crippen molar-refractivity contribution in [2.75, 3.05) is 6.61 Å². The number of ether oxygens (including phenoxy) is 1. The second kappa shape index (κ2) is 9.70. The zero-order chi connectivity index (χ0) is 25.5. The SMILES string of the molecule is O=c1[nH]c(=O)n(Cc2ccccc2)c2nc(-c3ccc(-c4ccc(Cl)c(Cl)c4)o3)n(C[C@@H]3CCCO3)c12. The fourth-order valence-corrected chi connectivity index (χ4v) is 5.00. The first-order valence-corrected chi connectivity index (χ1v) is 12.7. The summed E-state index contributed by atoms with van der Waals surface area (Å²) in [5.74, 6) is 1.46. The molecule has 0 saturated carbocycles. The Hall–Kier alpha value is -3.59. The van der Waals surface area contributed by atoms with Gasteiger partial charge in [-0.25, -0.2) is 9.78 Å². The average Bonchev–Trinajstić information content (AvgIpc) is 3.65. The van der Waals surface area contributed by atoms with Gasteiger partial charge in [0.2, 0.25) is 0 Å². The van der Waals surface area contributed by atoms with Crippen molar-refractivity contribution in [3.05, 3.63) is 97.1 Å². The Kier molecular flexibility index (Phi) is 6.24. The van der Waals surface area contributed by atoms with Crippen molar-refractivity contribution >= 4 is 34.4 Å². The van der Waals surface area contributed by atoms with Gasteiger partial charge >= 0.3 is 5.69 Å². The summed E-state index contributed by atoms with van der Waals surface area (Å²) in [7, 11) is 0. The van der Waals surface area contributed by atoms with E-state index in [1.54, 1.807) is 22.8 Å². The van der Waals surface area contributed by atoms with Crippen molar-refractivity contribution in [2.45, 2.75) is 32.0 Å². The molecule has 2 aromatic carbocycles. The molecule has 3 aromatic heterocycles. The molecule has 8 nitrogen and oxygen atoms in total. The van der Waals surface area contributed by atoms with E-state index in [4.69, 9.17) is 37.3 Å². The lowest BCUT2D eigenvalue weighted by Gasteiger charge is -2.13. The zero-order valence-electron chi connectivity index (χ0n) is 19.6. The van der Waals surface area contributed by atoms with Crippen LogP contribution in [0.4, 0.5) is 0 Å². The molecule has 0 spiro atoms. The first kappa shape index (κ1) is 23.8. The minimum Gasteiger partial charge on any atom is -0.453 e. The van der Waals surface area contributed by atoms with Gasteiger partial charge in [-0.15, -0.1) is 0 Å². The summed E-state index contributed by atoms with van der Waals surface area (Å²) < 4.78 is 15.3. The highest BCUT2D eigenvalue weighted by atomic mass is 35.5. The highest BCUT2D eigenvalue weighted by Gasteiger charge is 2.25. The van der Waals surface area contributed by atoms with Crippen molar-refractivity contribution in [3.8, 4) is 22.9 Å². The minimum absolute atomic E-state index is 0.0745. The molecule has 6 rings (SSSR count). The van der Waals surface area contributed by atoms with Gasteiger partial charge in [0.15, 0.2) is 22.7 Å². The molecule has 5 aromatic rings. The van der Waals surface area contributed by atoms with Gasteiger partial charge in [0.05, 0.1) is 29.2 Å². The number of fused-ring (bicyclic) bond motifs is 1. The molecule has 0 aliphatic carbocycles. The number of nitrogens with one attached hydrogen (secondary N) is 1. The summed E-state index contributed by atoms with van der Waals surface area (Å²) in [6.45, 7) is 1.33. The predicted octanol–water partition coefficient (Wildman–Crippen LogP) is 5.35. The number of hydrogen-bond acceptors (Lipinski definition) is 5. The van der Waals surface area contributed by atoms with Gasteiger partial charge < -0.3 is 13.7 Å². The molecule has 10 heteroatoms. The van der Waals surface area contributed by atoms with Crippen LogP contribution in [0.3, 0.4) is 0 Å². The average molecular weight is 537 g/mol.